The minimum Gasteiger partial charge on any atom is -0.316 e. The van der Waals surface area contributed by atoms with E-state index in [9.17, 15) is 13.2 Å². The van der Waals surface area contributed by atoms with Crippen LogP contribution < -0.4 is 5.32 Å². The van der Waals surface area contributed by atoms with Crippen molar-refractivity contribution >= 4 is 11.8 Å². The molecule has 5 heteroatoms. The van der Waals surface area contributed by atoms with Crippen LogP contribution in [0, 0.1) is 0 Å². The molecule has 0 heterocycles. The summed E-state index contributed by atoms with van der Waals surface area (Å²) >= 11 is 1.23. The predicted molar refractivity (Wildman–Crippen MR) is 60.6 cm³/mol. The van der Waals surface area contributed by atoms with E-state index in [0.29, 0.717) is 0 Å². The van der Waals surface area contributed by atoms with Crippen molar-refractivity contribution in [3.05, 3.63) is 29.8 Å². The Labute approximate surface area is 97.4 Å². The highest BCUT2D eigenvalue weighted by atomic mass is 32.2. The van der Waals surface area contributed by atoms with Crippen molar-refractivity contribution in [3.63, 3.8) is 0 Å². The SMILES string of the molecule is CNCc1ccc(SCCC(F)(F)F)cc1. The first-order valence-corrected chi connectivity index (χ1v) is 5.93. The molecule has 1 rings (SSSR count). The van der Waals surface area contributed by atoms with Gasteiger partial charge in [-0.1, -0.05) is 12.1 Å². The molecule has 1 nitrogen and oxygen atoms in total. The first kappa shape index (κ1) is 13.4. The predicted octanol–water partition coefficient (Wildman–Crippen LogP) is 3.45. The highest BCUT2D eigenvalue weighted by Gasteiger charge is 2.26. The Hall–Kier alpha value is -0.680. The summed E-state index contributed by atoms with van der Waals surface area (Å²) in [6.45, 7) is 0.771. The van der Waals surface area contributed by atoms with Crippen molar-refractivity contribution in [2.75, 3.05) is 12.8 Å². The van der Waals surface area contributed by atoms with Gasteiger partial charge in [-0.05, 0) is 24.7 Å². The standard InChI is InChI=1S/C11H14F3NS/c1-15-8-9-2-4-10(5-3-9)16-7-6-11(12,13)14/h2-5,15H,6-8H2,1H3. The Morgan fingerprint density at radius 1 is 1.19 bits per heavy atom. The maximum Gasteiger partial charge on any atom is 0.389 e. The second-order valence-corrected chi connectivity index (χ2v) is 4.56. The first-order chi connectivity index (χ1) is 7.51. The van der Waals surface area contributed by atoms with Gasteiger partial charge in [-0.25, -0.2) is 0 Å². The molecule has 1 aromatic carbocycles. The topological polar surface area (TPSA) is 12.0 Å². The molecule has 0 bridgehead atoms. The van der Waals surface area contributed by atoms with Crippen LogP contribution in [-0.2, 0) is 6.54 Å². The lowest BCUT2D eigenvalue weighted by molar-refractivity contribution is -0.129. The van der Waals surface area contributed by atoms with Gasteiger partial charge in [0.15, 0.2) is 0 Å². The lowest BCUT2D eigenvalue weighted by Crippen LogP contribution is -2.08. The molecular formula is C11H14F3NS. The van der Waals surface area contributed by atoms with E-state index in [1.807, 2.05) is 31.3 Å². The number of alkyl halides is 3. The molecule has 0 saturated carbocycles. The second kappa shape index (κ2) is 6.15. The molecule has 0 saturated heterocycles. The smallest absolute Gasteiger partial charge is 0.316 e. The van der Waals surface area contributed by atoms with Crippen molar-refractivity contribution in [2.24, 2.45) is 0 Å². The monoisotopic (exact) mass is 249 g/mol. The number of halogens is 3. The molecule has 0 unspecified atom stereocenters. The van der Waals surface area contributed by atoms with Crippen LogP contribution in [0.2, 0.25) is 0 Å². The summed E-state index contributed by atoms with van der Waals surface area (Å²) < 4.78 is 35.7. The summed E-state index contributed by atoms with van der Waals surface area (Å²) in [5, 5.41) is 3.01. The minimum atomic E-state index is -4.06. The Kier molecular flexibility index (Phi) is 5.15. The molecule has 0 atom stereocenters. The number of hydrogen-bond donors (Lipinski definition) is 1. The quantitative estimate of drug-likeness (QED) is 0.802. The van der Waals surface area contributed by atoms with Crippen molar-refractivity contribution in [2.45, 2.75) is 24.0 Å². The maximum atomic E-state index is 11.9. The maximum absolute atomic E-state index is 11.9. The molecule has 0 amide bonds. The second-order valence-electron chi connectivity index (χ2n) is 3.39. The van der Waals surface area contributed by atoms with Crippen LogP contribution in [-0.4, -0.2) is 19.0 Å². The van der Waals surface area contributed by atoms with E-state index in [0.717, 1.165) is 17.0 Å². The average molecular weight is 249 g/mol. The summed E-state index contributed by atoms with van der Waals surface area (Å²) in [6, 6.07) is 7.56. The van der Waals surface area contributed by atoms with Gasteiger partial charge >= 0.3 is 6.18 Å². The fourth-order valence-electron chi connectivity index (χ4n) is 1.19. The highest BCUT2D eigenvalue weighted by Crippen LogP contribution is 2.26. The van der Waals surface area contributed by atoms with Crippen LogP contribution in [0.5, 0.6) is 0 Å². The molecule has 1 N–H and O–H groups in total. The average Bonchev–Trinajstić information content (AvgIpc) is 2.19. The lowest BCUT2D eigenvalue weighted by Gasteiger charge is -2.06. The molecule has 90 valence electrons. The molecule has 0 radical (unpaired) electrons. The molecule has 0 spiro atoms. The third-order valence-electron chi connectivity index (χ3n) is 1.96. The number of hydrogen-bond acceptors (Lipinski definition) is 2. The van der Waals surface area contributed by atoms with E-state index < -0.39 is 12.6 Å². The number of thioether (sulfide) groups is 1. The van der Waals surface area contributed by atoms with E-state index in [1.165, 1.54) is 11.8 Å². The molecule has 0 aliphatic heterocycles. The van der Waals surface area contributed by atoms with E-state index in [-0.39, 0.29) is 5.75 Å². The summed E-state index contributed by atoms with van der Waals surface area (Å²) in [5.41, 5.74) is 1.13. The van der Waals surface area contributed by atoms with E-state index >= 15 is 0 Å². The zero-order valence-electron chi connectivity index (χ0n) is 8.97. The minimum absolute atomic E-state index is 0.0782. The molecule has 0 aliphatic rings. The lowest BCUT2D eigenvalue weighted by atomic mass is 10.2. The fourth-order valence-corrected chi connectivity index (χ4v) is 2.09. The largest absolute Gasteiger partial charge is 0.389 e. The number of nitrogens with one attached hydrogen (secondary N) is 1. The molecule has 1 aromatic rings. The van der Waals surface area contributed by atoms with Crippen LogP contribution in [0.3, 0.4) is 0 Å². The normalized spacial score (nSPS) is 11.8. The Morgan fingerprint density at radius 2 is 1.81 bits per heavy atom. The van der Waals surface area contributed by atoms with E-state index in [2.05, 4.69) is 5.32 Å². The first-order valence-electron chi connectivity index (χ1n) is 4.94. The van der Waals surface area contributed by atoms with Crippen molar-refractivity contribution in [3.8, 4) is 0 Å². The van der Waals surface area contributed by atoms with E-state index in [4.69, 9.17) is 0 Å². The van der Waals surface area contributed by atoms with Gasteiger partial charge in [0.05, 0.1) is 6.42 Å². The van der Waals surface area contributed by atoms with Crippen molar-refractivity contribution < 1.29 is 13.2 Å². The van der Waals surface area contributed by atoms with Crippen LogP contribution in [0.4, 0.5) is 13.2 Å². The van der Waals surface area contributed by atoms with Gasteiger partial charge < -0.3 is 5.32 Å². The Balaban J connectivity index is 2.37. The highest BCUT2D eigenvalue weighted by molar-refractivity contribution is 7.99. The van der Waals surface area contributed by atoms with E-state index in [1.54, 1.807) is 0 Å². The Morgan fingerprint density at radius 3 is 2.31 bits per heavy atom. The van der Waals surface area contributed by atoms with Crippen molar-refractivity contribution in [1.82, 2.24) is 5.32 Å². The van der Waals surface area contributed by atoms with Gasteiger partial charge in [-0.3, -0.25) is 0 Å². The molecular weight excluding hydrogens is 235 g/mol. The number of rotatable bonds is 5. The van der Waals surface area contributed by atoms with Crippen LogP contribution >= 0.6 is 11.8 Å². The van der Waals surface area contributed by atoms with Crippen molar-refractivity contribution in [1.29, 1.82) is 0 Å². The molecule has 0 fully saturated rings. The molecule has 0 aromatic heterocycles. The van der Waals surface area contributed by atoms with Gasteiger partial charge in [-0.2, -0.15) is 13.2 Å². The van der Waals surface area contributed by atoms with Gasteiger partial charge in [-0.15, -0.1) is 11.8 Å². The van der Waals surface area contributed by atoms with Gasteiger partial charge in [0, 0.05) is 17.2 Å². The zero-order valence-corrected chi connectivity index (χ0v) is 9.79. The van der Waals surface area contributed by atoms with Crippen LogP contribution in [0.25, 0.3) is 0 Å². The third-order valence-corrected chi connectivity index (χ3v) is 2.97. The van der Waals surface area contributed by atoms with Gasteiger partial charge in [0.1, 0.15) is 0 Å². The summed E-state index contributed by atoms with van der Waals surface area (Å²) in [6.07, 6.45) is -4.80. The molecule has 16 heavy (non-hydrogen) atoms. The van der Waals surface area contributed by atoms with Crippen LogP contribution in [0.15, 0.2) is 29.2 Å². The Bertz CT molecular complexity index is 308. The fraction of sp³-hybridized carbons (Fsp3) is 0.455. The van der Waals surface area contributed by atoms with Gasteiger partial charge in [0.2, 0.25) is 0 Å². The zero-order chi connectivity index (χ0) is 12.0. The van der Waals surface area contributed by atoms with Gasteiger partial charge in [0.25, 0.3) is 0 Å². The number of benzene rings is 1. The summed E-state index contributed by atoms with van der Waals surface area (Å²) in [7, 11) is 1.85. The summed E-state index contributed by atoms with van der Waals surface area (Å²) in [4.78, 5) is 0.879. The summed E-state index contributed by atoms with van der Waals surface area (Å²) in [5.74, 6) is 0.0782. The van der Waals surface area contributed by atoms with Crippen LogP contribution in [0.1, 0.15) is 12.0 Å². The molecule has 0 aliphatic carbocycles. The third kappa shape index (κ3) is 5.42.